The van der Waals surface area contributed by atoms with Gasteiger partial charge in [-0.25, -0.2) is 4.79 Å². The first-order valence-electron chi connectivity index (χ1n) is 6.31. The number of rotatable bonds is 3. The number of furan rings is 1. The number of β-amino-alcohol motifs (C(OH)–C–C–N with tert-alkyl or cyclic N) is 1. The molecule has 0 radical (unpaired) electrons. The number of amides is 2. The lowest BCUT2D eigenvalue weighted by Gasteiger charge is -2.16. The van der Waals surface area contributed by atoms with Crippen molar-refractivity contribution in [3.05, 3.63) is 36.1 Å². The second-order valence-electron chi connectivity index (χ2n) is 4.77. The molecule has 1 aliphatic heterocycles. The number of fused-ring (bicyclic) bond motifs is 1. The van der Waals surface area contributed by atoms with Gasteiger partial charge in [0.1, 0.15) is 5.58 Å². The predicted molar refractivity (Wildman–Crippen MR) is 70.8 cm³/mol. The van der Waals surface area contributed by atoms with E-state index in [0.29, 0.717) is 13.1 Å². The SMILES string of the molecule is CN1C(=O)N(CCO)CC1c1coc2ccccc12. The highest BCUT2D eigenvalue weighted by atomic mass is 16.3. The summed E-state index contributed by atoms with van der Waals surface area (Å²) in [7, 11) is 1.78. The molecule has 1 aliphatic rings. The van der Waals surface area contributed by atoms with Crippen LogP contribution in [-0.4, -0.2) is 47.7 Å². The monoisotopic (exact) mass is 260 g/mol. The molecule has 1 fully saturated rings. The average Bonchev–Trinajstić information content (AvgIpc) is 2.96. The minimum atomic E-state index is -0.0515. The second-order valence-corrected chi connectivity index (χ2v) is 4.77. The van der Waals surface area contributed by atoms with Gasteiger partial charge in [0.25, 0.3) is 0 Å². The highest BCUT2D eigenvalue weighted by molar-refractivity contribution is 5.84. The highest BCUT2D eigenvalue weighted by Gasteiger charge is 2.36. The van der Waals surface area contributed by atoms with Gasteiger partial charge in [0.15, 0.2) is 0 Å². The smallest absolute Gasteiger partial charge is 0.320 e. The number of urea groups is 1. The van der Waals surface area contributed by atoms with Gasteiger partial charge in [-0.15, -0.1) is 0 Å². The summed E-state index contributed by atoms with van der Waals surface area (Å²) in [4.78, 5) is 15.4. The molecule has 19 heavy (non-hydrogen) atoms. The molecule has 5 nitrogen and oxygen atoms in total. The molecule has 0 spiro atoms. The van der Waals surface area contributed by atoms with Gasteiger partial charge in [-0.2, -0.15) is 0 Å². The average molecular weight is 260 g/mol. The lowest BCUT2D eigenvalue weighted by Crippen LogP contribution is -2.31. The summed E-state index contributed by atoms with van der Waals surface area (Å²) in [5.74, 6) is 0. The number of hydrogen-bond donors (Lipinski definition) is 1. The number of likely N-dealkylation sites (N-methyl/N-ethyl adjacent to an activating group) is 1. The maximum atomic E-state index is 12.0. The van der Waals surface area contributed by atoms with Gasteiger partial charge in [-0.1, -0.05) is 18.2 Å². The Kier molecular flexibility index (Phi) is 2.91. The zero-order chi connectivity index (χ0) is 13.4. The van der Waals surface area contributed by atoms with Crippen molar-refractivity contribution in [3.63, 3.8) is 0 Å². The van der Waals surface area contributed by atoms with E-state index in [9.17, 15) is 4.79 Å². The number of nitrogens with zero attached hydrogens (tertiary/aromatic N) is 2. The summed E-state index contributed by atoms with van der Waals surface area (Å²) in [5.41, 5.74) is 1.85. The van der Waals surface area contributed by atoms with Gasteiger partial charge in [0.05, 0.1) is 18.9 Å². The standard InChI is InChI=1S/C14H16N2O3/c1-15-12(8-16(6-7-17)14(15)18)11-9-19-13-5-3-2-4-10(11)13/h2-5,9,12,17H,6-8H2,1H3. The molecule has 0 aliphatic carbocycles. The molecule has 1 unspecified atom stereocenters. The lowest BCUT2D eigenvalue weighted by atomic mass is 10.1. The second kappa shape index (κ2) is 4.59. The minimum Gasteiger partial charge on any atom is -0.464 e. The van der Waals surface area contributed by atoms with Crippen molar-refractivity contribution < 1.29 is 14.3 Å². The Balaban J connectivity index is 1.96. The van der Waals surface area contributed by atoms with E-state index >= 15 is 0 Å². The largest absolute Gasteiger partial charge is 0.464 e. The Morgan fingerprint density at radius 1 is 1.42 bits per heavy atom. The maximum Gasteiger partial charge on any atom is 0.320 e. The van der Waals surface area contributed by atoms with Crippen LogP contribution in [0.3, 0.4) is 0 Å². The Hall–Kier alpha value is -2.01. The van der Waals surface area contributed by atoms with Gasteiger partial charge >= 0.3 is 6.03 Å². The van der Waals surface area contributed by atoms with Crippen LogP contribution in [0.2, 0.25) is 0 Å². The Bertz CT molecular complexity index is 608. The van der Waals surface area contributed by atoms with Gasteiger partial charge in [-0.3, -0.25) is 0 Å². The third kappa shape index (κ3) is 1.86. The molecule has 1 aromatic heterocycles. The van der Waals surface area contributed by atoms with Crippen LogP contribution >= 0.6 is 0 Å². The zero-order valence-electron chi connectivity index (χ0n) is 10.7. The summed E-state index contributed by atoms with van der Waals surface area (Å²) in [5, 5.41) is 10.0. The molecular formula is C14H16N2O3. The van der Waals surface area contributed by atoms with E-state index in [1.165, 1.54) is 0 Å². The third-order valence-electron chi connectivity index (χ3n) is 3.67. The van der Waals surface area contributed by atoms with Crippen LogP contribution in [0.25, 0.3) is 11.0 Å². The number of aliphatic hydroxyl groups is 1. The van der Waals surface area contributed by atoms with Gasteiger partial charge in [0.2, 0.25) is 0 Å². The minimum absolute atomic E-state index is 0.0154. The van der Waals surface area contributed by atoms with Crippen LogP contribution in [0.5, 0.6) is 0 Å². The summed E-state index contributed by atoms with van der Waals surface area (Å²) in [6, 6.07) is 7.73. The Morgan fingerprint density at radius 3 is 3.00 bits per heavy atom. The first-order valence-corrected chi connectivity index (χ1v) is 6.31. The normalized spacial score (nSPS) is 19.7. The fraction of sp³-hybridized carbons (Fsp3) is 0.357. The van der Waals surface area contributed by atoms with Gasteiger partial charge in [0, 0.05) is 31.1 Å². The quantitative estimate of drug-likeness (QED) is 0.916. The number of carbonyl (C=O) groups is 1. The highest BCUT2D eigenvalue weighted by Crippen LogP contribution is 2.33. The molecule has 0 saturated carbocycles. The summed E-state index contributed by atoms with van der Waals surface area (Å²) in [6.45, 7) is 0.938. The van der Waals surface area contributed by atoms with E-state index in [0.717, 1.165) is 16.5 Å². The molecule has 2 amide bonds. The fourth-order valence-electron chi connectivity index (χ4n) is 2.64. The number of hydrogen-bond acceptors (Lipinski definition) is 3. The molecule has 5 heteroatoms. The van der Waals surface area contributed by atoms with E-state index in [1.807, 2.05) is 24.3 Å². The van der Waals surface area contributed by atoms with Crippen LogP contribution in [0.15, 0.2) is 34.9 Å². The van der Waals surface area contributed by atoms with Crippen LogP contribution in [-0.2, 0) is 0 Å². The van der Waals surface area contributed by atoms with Crippen molar-refractivity contribution >= 4 is 17.0 Å². The Labute approximate surface area is 111 Å². The van der Waals surface area contributed by atoms with Crippen molar-refractivity contribution in [3.8, 4) is 0 Å². The molecule has 3 rings (SSSR count). The van der Waals surface area contributed by atoms with Crippen molar-refractivity contribution in [2.24, 2.45) is 0 Å². The van der Waals surface area contributed by atoms with E-state index in [-0.39, 0.29) is 18.7 Å². The van der Waals surface area contributed by atoms with Gasteiger partial charge in [-0.05, 0) is 6.07 Å². The Morgan fingerprint density at radius 2 is 2.21 bits per heavy atom. The molecule has 1 N–H and O–H groups in total. The number of para-hydroxylation sites is 1. The zero-order valence-corrected chi connectivity index (χ0v) is 10.7. The lowest BCUT2D eigenvalue weighted by molar-refractivity contribution is 0.182. The summed E-state index contributed by atoms with van der Waals surface area (Å²) >= 11 is 0. The molecule has 1 atom stereocenters. The number of benzene rings is 1. The first kappa shape index (κ1) is 12.0. The van der Waals surface area contributed by atoms with Crippen LogP contribution in [0.4, 0.5) is 4.79 Å². The van der Waals surface area contributed by atoms with E-state index < -0.39 is 0 Å². The third-order valence-corrected chi connectivity index (χ3v) is 3.67. The number of aliphatic hydroxyl groups excluding tert-OH is 1. The molecule has 2 aromatic rings. The molecule has 1 aromatic carbocycles. The molecule has 1 saturated heterocycles. The number of carbonyl (C=O) groups excluding carboxylic acids is 1. The van der Waals surface area contributed by atoms with Crippen LogP contribution < -0.4 is 0 Å². The predicted octanol–water partition coefficient (Wildman–Crippen LogP) is 1.83. The molecule has 100 valence electrons. The van der Waals surface area contributed by atoms with Crippen molar-refractivity contribution in [2.45, 2.75) is 6.04 Å². The first-order chi connectivity index (χ1) is 9.22. The van der Waals surface area contributed by atoms with E-state index in [4.69, 9.17) is 9.52 Å². The van der Waals surface area contributed by atoms with Crippen molar-refractivity contribution in [1.29, 1.82) is 0 Å². The fourth-order valence-corrected chi connectivity index (χ4v) is 2.64. The van der Waals surface area contributed by atoms with E-state index in [2.05, 4.69) is 0 Å². The topological polar surface area (TPSA) is 56.9 Å². The van der Waals surface area contributed by atoms with Crippen molar-refractivity contribution in [2.75, 3.05) is 26.7 Å². The molecule has 0 bridgehead atoms. The van der Waals surface area contributed by atoms with Crippen LogP contribution in [0, 0.1) is 0 Å². The summed E-state index contributed by atoms with van der Waals surface area (Å²) in [6.07, 6.45) is 1.72. The molecule has 2 heterocycles. The summed E-state index contributed by atoms with van der Waals surface area (Å²) < 4.78 is 5.53. The van der Waals surface area contributed by atoms with Crippen molar-refractivity contribution in [1.82, 2.24) is 9.80 Å². The maximum absolute atomic E-state index is 12.0. The van der Waals surface area contributed by atoms with Crippen LogP contribution in [0.1, 0.15) is 11.6 Å². The van der Waals surface area contributed by atoms with E-state index in [1.54, 1.807) is 23.1 Å². The van der Waals surface area contributed by atoms with Gasteiger partial charge < -0.3 is 19.3 Å². The molecular weight excluding hydrogens is 244 g/mol.